The van der Waals surface area contributed by atoms with Crippen LogP contribution in [0.15, 0.2) is 12.2 Å². The minimum absolute atomic E-state index is 0.0332. The van der Waals surface area contributed by atoms with Gasteiger partial charge in [-0.1, -0.05) is 109 Å². The van der Waals surface area contributed by atoms with Crippen LogP contribution in [0.5, 0.6) is 0 Å². The summed E-state index contributed by atoms with van der Waals surface area (Å²) in [7, 11) is -6.12. The summed E-state index contributed by atoms with van der Waals surface area (Å²) >= 11 is 0. The summed E-state index contributed by atoms with van der Waals surface area (Å²) < 4.78 is 22.0. The summed E-state index contributed by atoms with van der Waals surface area (Å²) in [6.07, 6.45) is 2.85. The van der Waals surface area contributed by atoms with Crippen LogP contribution in [-0.2, 0) is 13.3 Å². The average Bonchev–Trinajstić information content (AvgIpc) is 2.97. The highest BCUT2D eigenvalue weighted by Crippen LogP contribution is 2.43. The topological polar surface area (TPSA) is 68.2 Å². The molecular formula is C34H74O5Si3. The molecule has 0 aliphatic rings. The van der Waals surface area contributed by atoms with Gasteiger partial charge in [-0.25, -0.2) is 0 Å². The molecule has 0 unspecified atom stereocenters. The summed E-state index contributed by atoms with van der Waals surface area (Å²) in [5.74, 6) is -0.455. The predicted octanol–water partition coefficient (Wildman–Crippen LogP) is 9.78. The van der Waals surface area contributed by atoms with Crippen molar-refractivity contribution < 1.29 is 23.5 Å². The Morgan fingerprint density at radius 2 is 1.05 bits per heavy atom. The Morgan fingerprint density at radius 3 is 1.38 bits per heavy atom. The first-order valence-electron chi connectivity index (χ1n) is 17.5. The Morgan fingerprint density at radius 1 is 0.643 bits per heavy atom. The zero-order valence-corrected chi connectivity index (χ0v) is 33.6. The van der Waals surface area contributed by atoms with E-state index in [0.29, 0.717) is 23.2 Å². The van der Waals surface area contributed by atoms with Crippen LogP contribution in [0, 0.1) is 17.8 Å². The summed E-state index contributed by atoms with van der Waals surface area (Å²) in [4.78, 5) is 0. The lowest BCUT2D eigenvalue weighted by molar-refractivity contribution is -0.0574. The zero-order valence-electron chi connectivity index (χ0n) is 30.6. The van der Waals surface area contributed by atoms with Crippen LogP contribution >= 0.6 is 0 Å². The third kappa shape index (κ3) is 10.4. The van der Waals surface area contributed by atoms with E-state index < -0.39 is 31.1 Å². The van der Waals surface area contributed by atoms with Gasteiger partial charge < -0.3 is 23.5 Å². The van der Waals surface area contributed by atoms with Crippen LogP contribution in [0.2, 0.25) is 52.9 Å². The molecule has 2 N–H and O–H groups in total. The molecule has 0 amide bonds. The Kier molecular flexibility index (Phi) is 19.7. The van der Waals surface area contributed by atoms with Crippen molar-refractivity contribution in [2.45, 2.75) is 175 Å². The lowest BCUT2D eigenvalue weighted by atomic mass is 9.82. The largest absolute Gasteiger partial charge is 0.413 e. The van der Waals surface area contributed by atoms with Gasteiger partial charge in [-0.2, -0.15) is 0 Å². The zero-order chi connectivity index (χ0) is 32.9. The number of rotatable bonds is 23. The molecule has 0 aromatic carbocycles. The van der Waals surface area contributed by atoms with Gasteiger partial charge in [0.25, 0.3) is 0 Å². The van der Waals surface area contributed by atoms with Gasteiger partial charge in [0, 0.05) is 17.8 Å². The van der Waals surface area contributed by atoms with Gasteiger partial charge in [-0.05, 0) is 59.8 Å². The van der Waals surface area contributed by atoms with Crippen molar-refractivity contribution in [2.24, 2.45) is 17.8 Å². The van der Waals surface area contributed by atoms with Crippen molar-refractivity contribution in [1.82, 2.24) is 0 Å². The number of hydrogen-bond donors (Lipinski definition) is 2. The van der Waals surface area contributed by atoms with Crippen LogP contribution < -0.4 is 0 Å². The molecule has 0 bridgehead atoms. The molecule has 8 heteroatoms. The van der Waals surface area contributed by atoms with Crippen molar-refractivity contribution in [3.05, 3.63) is 12.2 Å². The van der Waals surface area contributed by atoms with E-state index in [0.717, 1.165) is 36.3 Å². The van der Waals surface area contributed by atoms with Crippen molar-refractivity contribution in [3.63, 3.8) is 0 Å². The van der Waals surface area contributed by atoms with Crippen LogP contribution in [-0.4, -0.2) is 66.7 Å². The fourth-order valence-electron chi connectivity index (χ4n) is 7.65. The molecule has 0 fully saturated rings. The smallest absolute Gasteiger partial charge is 0.200 e. The first-order valence-corrected chi connectivity index (χ1v) is 24.7. The van der Waals surface area contributed by atoms with Crippen LogP contribution in [0.1, 0.15) is 104 Å². The molecule has 0 saturated carbocycles. The standard InChI is InChI=1S/C34H74O5Si3/c1-16-23-31(24-35)33(36)30(15)34(39-41(20-5,21-6)22-7)29(14)32(38-40(17-2,18-3)19-4)25-37-42(26(8)9,27(10)11)28(12)13/h16,23,26-36H,17-22,24-25H2,1-15H3/b23-16-/t29-,30-,31-,32+,33+,34-/m1/s1. The maximum atomic E-state index is 11.6. The van der Waals surface area contributed by atoms with E-state index >= 15 is 0 Å². The highest BCUT2D eigenvalue weighted by Gasteiger charge is 2.48. The third-order valence-electron chi connectivity index (χ3n) is 11.1. The van der Waals surface area contributed by atoms with Crippen LogP contribution in [0.4, 0.5) is 0 Å². The Hall–Kier alpha value is 0.191. The van der Waals surface area contributed by atoms with E-state index in [-0.39, 0.29) is 36.6 Å². The van der Waals surface area contributed by atoms with Gasteiger partial charge in [-0.15, -0.1) is 0 Å². The highest BCUT2D eigenvalue weighted by atomic mass is 28.4. The normalized spacial score (nSPS) is 18.2. The molecule has 0 radical (unpaired) electrons. The summed E-state index contributed by atoms with van der Waals surface area (Å²) in [6, 6.07) is 6.40. The lowest BCUT2D eigenvalue weighted by Gasteiger charge is -2.47. The van der Waals surface area contributed by atoms with Crippen LogP contribution in [0.25, 0.3) is 0 Å². The second-order valence-corrected chi connectivity index (χ2v) is 28.8. The quantitative estimate of drug-likeness (QED) is 0.0854. The van der Waals surface area contributed by atoms with E-state index in [1.54, 1.807) is 0 Å². The van der Waals surface area contributed by atoms with E-state index in [1.807, 2.05) is 19.1 Å². The fraction of sp³-hybridized carbons (Fsp3) is 0.941. The summed E-state index contributed by atoms with van der Waals surface area (Å²) in [6.45, 7) is 34.6. The highest BCUT2D eigenvalue weighted by molar-refractivity contribution is 6.77. The number of allylic oxidation sites excluding steroid dienone is 1. The maximum Gasteiger partial charge on any atom is 0.200 e. The minimum Gasteiger partial charge on any atom is -0.413 e. The molecule has 0 aliphatic heterocycles. The van der Waals surface area contributed by atoms with Gasteiger partial charge in [0.1, 0.15) is 0 Å². The number of hydrogen-bond acceptors (Lipinski definition) is 5. The molecule has 0 heterocycles. The van der Waals surface area contributed by atoms with Gasteiger partial charge in [-0.3, -0.25) is 0 Å². The van der Waals surface area contributed by atoms with Crippen molar-refractivity contribution >= 4 is 25.0 Å². The van der Waals surface area contributed by atoms with Crippen molar-refractivity contribution in [1.29, 1.82) is 0 Å². The molecule has 0 spiro atoms. The first kappa shape index (κ1) is 42.2. The lowest BCUT2D eigenvalue weighted by Crippen LogP contribution is -2.55. The molecule has 0 aromatic heterocycles. The summed E-state index contributed by atoms with van der Waals surface area (Å²) in [5.41, 5.74) is 1.50. The van der Waals surface area contributed by atoms with Crippen LogP contribution in [0.3, 0.4) is 0 Å². The first-order chi connectivity index (χ1) is 19.6. The minimum atomic E-state index is -2.12. The van der Waals surface area contributed by atoms with Crippen molar-refractivity contribution in [3.8, 4) is 0 Å². The Bertz CT molecular complexity index is 698. The second kappa shape index (κ2) is 19.6. The molecule has 0 aliphatic carbocycles. The van der Waals surface area contributed by atoms with Gasteiger partial charge >= 0.3 is 0 Å². The van der Waals surface area contributed by atoms with Gasteiger partial charge in [0.2, 0.25) is 0 Å². The second-order valence-electron chi connectivity index (χ2n) is 13.9. The summed E-state index contributed by atoms with van der Waals surface area (Å²) in [5, 5.41) is 21.8. The molecular weight excluding hydrogens is 573 g/mol. The molecule has 6 atom stereocenters. The molecule has 252 valence electrons. The van der Waals surface area contributed by atoms with Gasteiger partial charge in [0.15, 0.2) is 25.0 Å². The average molecular weight is 647 g/mol. The van der Waals surface area contributed by atoms with E-state index in [4.69, 9.17) is 13.3 Å². The fourth-order valence-corrected chi connectivity index (χ4v) is 19.0. The molecule has 42 heavy (non-hydrogen) atoms. The molecule has 5 nitrogen and oxygen atoms in total. The van der Waals surface area contributed by atoms with E-state index in [2.05, 4.69) is 96.9 Å². The van der Waals surface area contributed by atoms with E-state index in [9.17, 15) is 10.2 Å². The predicted molar refractivity (Wildman–Crippen MR) is 191 cm³/mol. The maximum absolute atomic E-state index is 11.6. The Balaban J connectivity index is 7.01. The molecule has 0 rings (SSSR count). The van der Waals surface area contributed by atoms with E-state index in [1.165, 1.54) is 0 Å². The third-order valence-corrected chi connectivity index (χ3v) is 26.5. The number of aliphatic hydroxyl groups excluding tert-OH is 2. The number of aliphatic hydroxyl groups is 2. The molecule has 0 aromatic rings. The molecule has 0 saturated heterocycles. The van der Waals surface area contributed by atoms with Crippen molar-refractivity contribution in [2.75, 3.05) is 13.2 Å². The Labute approximate surface area is 266 Å². The van der Waals surface area contributed by atoms with Gasteiger partial charge in [0.05, 0.1) is 31.5 Å². The monoisotopic (exact) mass is 646 g/mol. The SMILES string of the molecule is C/C=C\[C@H](CO)[C@@H](O)[C@@H](C)[C@H](O[Si](CC)(CC)CC)[C@H](C)[C@H](CO[Si](C(C)C)(C(C)C)C(C)C)O[Si](CC)(CC)CC.